The highest BCUT2D eigenvalue weighted by atomic mass is 32.2. The van der Waals surface area contributed by atoms with Crippen LogP contribution in [0.3, 0.4) is 0 Å². The number of carboxylic acid groups (broad SMARTS) is 1. The lowest BCUT2D eigenvalue weighted by atomic mass is 10.4. The lowest BCUT2D eigenvalue weighted by molar-refractivity contribution is -0.133. The van der Waals surface area contributed by atoms with Crippen molar-refractivity contribution in [3.05, 3.63) is 21.9 Å². The van der Waals surface area contributed by atoms with Crippen LogP contribution in [0.4, 0.5) is 0 Å². The maximum absolute atomic E-state index is 10.7. The minimum Gasteiger partial charge on any atom is -0.481 e. The van der Waals surface area contributed by atoms with Gasteiger partial charge in [-0.05, 0) is 19.8 Å². The molecule has 0 unspecified atom stereocenters. The second-order valence-corrected chi connectivity index (χ2v) is 7.01. The lowest BCUT2D eigenvalue weighted by Crippen LogP contribution is -2.07. The summed E-state index contributed by atoms with van der Waals surface area (Å²) in [6, 6.07) is 0. The van der Waals surface area contributed by atoms with Gasteiger partial charge in [-0.1, -0.05) is 11.8 Å². The summed E-state index contributed by atoms with van der Waals surface area (Å²) in [5.74, 6) is 0.593. The molecule has 0 amide bonds. The summed E-state index contributed by atoms with van der Waals surface area (Å²) in [6.45, 7) is 2.65. The fourth-order valence-electron chi connectivity index (χ4n) is 1.94. The molecule has 1 aliphatic carbocycles. The van der Waals surface area contributed by atoms with Crippen LogP contribution in [-0.2, 0) is 11.3 Å². The first-order valence-corrected chi connectivity index (χ1v) is 8.12. The van der Waals surface area contributed by atoms with Crippen molar-refractivity contribution in [2.45, 2.75) is 37.4 Å². The number of aliphatic carboxylic acids is 1. The third kappa shape index (κ3) is 3.01. The van der Waals surface area contributed by atoms with E-state index < -0.39 is 5.97 Å². The van der Waals surface area contributed by atoms with Crippen molar-refractivity contribution in [1.29, 1.82) is 0 Å². The van der Waals surface area contributed by atoms with Gasteiger partial charge in [0, 0.05) is 17.0 Å². The van der Waals surface area contributed by atoms with Gasteiger partial charge in [-0.2, -0.15) is 0 Å². The summed E-state index contributed by atoms with van der Waals surface area (Å²) in [6.07, 6.45) is 4.13. The van der Waals surface area contributed by atoms with Crippen LogP contribution >= 0.6 is 23.1 Å². The molecule has 0 aromatic carbocycles. The number of thiazole rings is 1. The zero-order valence-electron chi connectivity index (χ0n) is 10.9. The van der Waals surface area contributed by atoms with Gasteiger partial charge in [0.05, 0.1) is 12.3 Å². The Morgan fingerprint density at radius 3 is 2.95 bits per heavy atom. The summed E-state index contributed by atoms with van der Waals surface area (Å²) in [5, 5.41) is 18.8. The molecule has 20 heavy (non-hydrogen) atoms. The number of aryl methyl sites for hydroxylation is 1. The molecule has 2 aromatic heterocycles. The number of carboxylic acids is 1. The molecular formula is C12H14N4O2S2. The Morgan fingerprint density at radius 2 is 2.35 bits per heavy atom. The molecule has 0 radical (unpaired) electrons. The van der Waals surface area contributed by atoms with E-state index in [1.165, 1.54) is 16.6 Å². The van der Waals surface area contributed by atoms with Gasteiger partial charge >= 0.3 is 5.97 Å². The van der Waals surface area contributed by atoms with Gasteiger partial charge in [0.2, 0.25) is 0 Å². The molecule has 0 spiro atoms. The molecule has 1 N–H and O–H groups in total. The number of aromatic nitrogens is 4. The van der Waals surface area contributed by atoms with E-state index in [0.717, 1.165) is 23.7 Å². The summed E-state index contributed by atoms with van der Waals surface area (Å²) < 4.78 is 2.02. The van der Waals surface area contributed by atoms with E-state index in [2.05, 4.69) is 15.2 Å². The van der Waals surface area contributed by atoms with E-state index in [1.807, 2.05) is 17.7 Å². The van der Waals surface area contributed by atoms with Crippen molar-refractivity contribution >= 4 is 29.1 Å². The van der Waals surface area contributed by atoms with Crippen LogP contribution in [0.1, 0.15) is 34.5 Å². The maximum Gasteiger partial charge on any atom is 0.313 e. The monoisotopic (exact) mass is 310 g/mol. The zero-order valence-corrected chi connectivity index (χ0v) is 12.6. The minimum atomic E-state index is -0.845. The lowest BCUT2D eigenvalue weighted by Gasteiger charge is -2.07. The normalized spacial score (nSPS) is 14.7. The Kier molecular flexibility index (Phi) is 3.75. The molecule has 2 aromatic rings. The highest BCUT2D eigenvalue weighted by Gasteiger charge is 2.30. The predicted molar refractivity (Wildman–Crippen MR) is 76.3 cm³/mol. The van der Waals surface area contributed by atoms with Crippen LogP contribution in [0.15, 0.2) is 11.4 Å². The molecule has 0 aliphatic heterocycles. The maximum atomic E-state index is 10.7. The average Bonchev–Trinajstić information content (AvgIpc) is 3.05. The summed E-state index contributed by atoms with van der Waals surface area (Å²) in [7, 11) is 0. The molecular weight excluding hydrogens is 296 g/mol. The van der Waals surface area contributed by atoms with Gasteiger partial charge < -0.3 is 5.11 Å². The first kappa shape index (κ1) is 13.6. The number of hydrogen-bond acceptors (Lipinski definition) is 6. The molecule has 8 heteroatoms. The second kappa shape index (κ2) is 5.53. The zero-order chi connectivity index (χ0) is 14.1. The van der Waals surface area contributed by atoms with Crippen molar-refractivity contribution < 1.29 is 9.90 Å². The summed E-state index contributed by atoms with van der Waals surface area (Å²) in [4.78, 5) is 16.2. The minimum absolute atomic E-state index is 0.000301. The number of thioether (sulfide) groups is 1. The Balaban J connectivity index is 1.84. The van der Waals surface area contributed by atoms with E-state index in [-0.39, 0.29) is 5.75 Å². The molecule has 0 saturated heterocycles. The smallest absolute Gasteiger partial charge is 0.313 e. The van der Waals surface area contributed by atoms with Gasteiger partial charge in [-0.3, -0.25) is 9.36 Å². The van der Waals surface area contributed by atoms with Crippen LogP contribution in [0, 0.1) is 6.92 Å². The largest absolute Gasteiger partial charge is 0.481 e. The van der Waals surface area contributed by atoms with Gasteiger partial charge in [0.25, 0.3) is 0 Å². The van der Waals surface area contributed by atoms with E-state index in [9.17, 15) is 4.79 Å². The highest BCUT2D eigenvalue weighted by Crippen LogP contribution is 2.40. The fraction of sp³-hybridized carbons (Fsp3) is 0.500. The molecule has 106 valence electrons. The highest BCUT2D eigenvalue weighted by molar-refractivity contribution is 7.99. The first-order chi connectivity index (χ1) is 9.63. The molecule has 6 nitrogen and oxygen atoms in total. The predicted octanol–water partition coefficient (Wildman–Crippen LogP) is 2.15. The van der Waals surface area contributed by atoms with Crippen molar-refractivity contribution in [2.75, 3.05) is 5.75 Å². The summed E-state index contributed by atoms with van der Waals surface area (Å²) in [5.41, 5.74) is 0. The average molecular weight is 310 g/mol. The molecule has 1 aliphatic rings. The van der Waals surface area contributed by atoms with Crippen LogP contribution in [-0.4, -0.2) is 36.6 Å². The SMILES string of the molecule is Cc1cnc(Cn2c(SCC(=O)O)nnc2C2CC2)s1. The quantitative estimate of drug-likeness (QED) is 0.823. The molecule has 0 atom stereocenters. The Hall–Kier alpha value is -1.41. The Morgan fingerprint density at radius 1 is 1.55 bits per heavy atom. The van der Waals surface area contributed by atoms with E-state index >= 15 is 0 Å². The van der Waals surface area contributed by atoms with Crippen molar-refractivity contribution in [1.82, 2.24) is 19.7 Å². The van der Waals surface area contributed by atoms with Gasteiger partial charge in [-0.15, -0.1) is 21.5 Å². The van der Waals surface area contributed by atoms with Crippen molar-refractivity contribution in [3.63, 3.8) is 0 Å². The molecule has 0 bridgehead atoms. The topological polar surface area (TPSA) is 80.9 Å². The van der Waals surface area contributed by atoms with Crippen molar-refractivity contribution in [2.24, 2.45) is 0 Å². The first-order valence-electron chi connectivity index (χ1n) is 6.32. The van der Waals surface area contributed by atoms with E-state index in [0.29, 0.717) is 17.6 Å². The standard InChI is InChI=1S/C12H14N4O2S2/c1-7-4-13-9(20-7)5-16-11(8-2-3-8)14-15-12(16)19-6-10(17)18/h4,8H,2-3,5-6H2,1H3,(H,17,18). The number of carbonyl (C=O) groups is 1. The van der Waals surface area contributed by atoms with Crippen LogP contribution in [0.2, 0.25) is 0 Å². The molecule has 1 saturated carbocycles. The fourth-order valence-corrected chi connectivity index (χ4v) is 3.38. The van der Waals surface area contributed by atoms with Crippen LogP contribution in [0.25, 0.3) is 0 Å². The van der Waals surface area contributed by atoms with E-state index in [4.69, 9.17) is 5.11 Å². The van der Waals surface area contributed by atoms with E-state index in [1.54, 1.807) is 11.3 Å². The third-order valence-electron chi connectivity index (χ3n) is 2.98. The Labute approximate surface area is 124 Å². The Bertz CT molecular complexity index is 633. The van der Waals surface area contributed by atoms with Crippen LogP contribution < -0.4 is 0 Å². The number of nitrogens with zero attached hydrogens (tertiary/aromatic N) is 4. The third-order valence-corrected chi connectivity index (χ3v) is 4.82. The van der Waals surface area contributed by atoms with Gasteiger partial charge in [0.15, 0.2) is 5.16 Å². The molecule has 2 heterocycles. The summed E-state index contributed by atoms with van der Waals surface area (Å²) >= 11 is 2.86. The molecule has 1 fully saturated rings. The number of hydrogen-bond donors (Lipinski definition) is 1. The van der Waals surface area contributed by atoms with Gasteiger partial charge in [-0.25, -0.2) is 4.98 Å². The molecule has 3 rings (SSSR count). The van der Waals surface area contributed by atoms with Gasteiger partial charge in [0.1, 0.15) is 10.8 Å². The second-order valence-electron chi connectivity index (χ2n) is 4.75. The van der Waals surface area contributed by atoms with Crippen molar-refractivity contribution in [3.8, 4) is 0 Å². The van der Waals surface area contributed by atoms with Crippen LogP contribution in [0.5, 0.6) is 0 Å². The number of rotatable bonds is 6.